The van der Waals surface area contributed by atoms with Gasteiger partial charge >= 0.3 is 0 Å². The van der Waals surface area contributed by atoms with E-state index in [-0.39, 0.29) is 5.65 Å². The Balaban J connectivity index is 1.32. The minimum atomic E-state index is -0.419. The fourth-order valence-electron chi connectivity index (χ4n) is 3.98. The topological polar surface area (TPSA) is 73.8 Å². The molecule has 1 aromatic carbocycles. The monoisotopic (exact) mass is 473 g/mol. The molecule has 0 bridgehead atoms. The van der Waals surface area contributed by atoms with Gasteiger partial charge in [-0.15, -0.1) is 21.5 Å². The lowest BCUT2D eigenvalue weighted by Crippen LogP contribution is -1.93. The fraction of sp³-hybridized carbons (Fsp3) is 0.174. The smallest absolute Gasteiger partial charge is 0.200 e. The van der Waals surface area contributed by atoms with Gasteiger partial charge in [-0.1, -0.05) is 0 Å². The number of aromatic nitrogens is 7. The van der Waals surface area contributed by atoms with Crippen LogP contribution in [0, 0.1) is 5.82 Å². The Morgan fingerprint density at radius 3 is 2.79 bits per heavy atom. The summed E-state index contributed by atoms with van der Waals surface area (Å²) in [4.78, 5) is 10.4. The molecule has 0 unspecified atom stereocenters. The third-order valence-electron chi connectivity index (χ3n) is 5.81. The van der Waals surface area contributed by atoms with Gasteiger partial charge in [0.2, 0.25) is 5.16 Å². The highest BCUT2D eigenvalue weighted by molar-refractivity contribution is 7.99. The Hall–Kier alpha value is -3.37. The molecule has 33 heavy (non-hydrogen) atoms. The van der Waals surface area contributed by atoms with E-state index in [1.807, 2.05) is 37.8 Å². The molecule has 162 valence electrons. The first-order chi connectivity index (χ1) is 16.1. The van der Waals surface area contributed by atoms with Crippen molar-refractivity contribution >= 4 is 49.9 Å². The highest BCUT2D eigenvalue weighted by Crippen LogP contribution is 2.44. The lowest BCUT2D eigenvalue weighted by atomic mass is 10.1. The number of aryl methyl sites for hydroxylation is 1. The van der Waals surface area contributed by atoms with Crippen molar-refractivity contribution in [3.63, 3.8) is 0 Å². The number of benzene rings is 1. The van der Waals surface area contributed by atoms with E-state index in [2.05, 4.69) is 26.3 Å². The Kier molecular flexibility index (Phi) is 4.09. The summed E-state index contributed by atoms with van der Waals surface area (Å²) < 4.78 is 19.3. The van der Waals surface area contributed by atoms with Gasteiger partial charge in [0.15, 0.2) is 11.5 Å². The maximum atomic E-state index is 14.8. The van der Waals surface area contributed by atoms with Gasteiger partial charge < -0.3 is 0 Å². The number of hydrogen-bond acceptors (Lipinski definition) is 7. The molecule has 0 radical (unpaired) electrons. The predicted molar refractivity (Wildman–Crippen MR) is 126 cm³/mol. The van der Waals surface area contributed by atoms with Gasteiger partial charge in [-0.25, -0.2) is 9.37 Å². The van der Waals surface area contributed by atoms with Crippen LogP contribution in [0.5, 0.6) is 0 Å². The summed E-state index contributed by atoms with van der Waals surface area (Å²) in [6.07, 6.45) is 9.73. The molecule has 0 aliphatic heterocycles. The summed E-state index contributed by atoms with van der Waals surface area (Å²) in [6, 6.07) is 7.61. The van der Waals surface area contributed by atoms with Crippen molar-refractivity contribution in [3.8, 4) is 11.1 Å². The number of pyridine rings is 2. The van der Waals surface area contributed by atoms with Gasteiger partial charge in [0.25, 0.3) is 0 Å². The summed E-state index contributed by atoms with van der Waals surface area (Å²) in [7, 11) is 1.83. The zero-order valence-corrected chi connectivity index (χ0v) is 19.1. The van der Waals surface area contributed by atoms with Gasteiger partial charge in [-0.05, 0) is 48.9 Å². The second-order valence-electron chi connectivity index (χ2n) is 8.24. The molecule has 6 aromatic rings. The van der Waals surface area contributed by atoms with Crippen LogP contribution in [-0.4, -0.2) is 34.3 Å². The van der Waals surface area contributed by atoms with Gasteiger partial charge in [0.1, 0.15) is 5.52 Å². The van der Waals surface area contributed by atoms with Crippen LogP contribution in [0.4, 0.5) is 4.39 Å². The average molecular weight is 474 g/mol. The molecule has 1 aliphatic carbocycles. The van der Waals surface area contributed by atoms with Crippen molar-refractivity contribution in [2.45, 2.75) is 28.8 Å². The SMILES string of the molecule is Cn1cc(-c2cc(F)c3nnc(Sc4ccc5ncc6nc(C7CC7)sc6c5c4)n3c2)cn1. The summed E-state index contributed by atoms with van der Waals surface area (Å²) in [5, 5.41) is 15.4. The molecule has 0 atom stereocenters. The van der Waals surface area contributed by atoms with Crippen LogP contribution in [0.1, 0.15) is 23.8 Å². The quantitative estimate of drug-likeness (QED) is 0.339. The molecule has 7 nitrogen and oxygen atoms in total. The zero-order valence-electron chi connectivity index (χ0n) is 17.4. The first-order valence-corrected chi connectivity index (χ1v) is 12.2. The molecule has 1 fully saturated rings. The molecule has 5 aromatic heterocycles. The predicted octanol–water partition coefficient (Wildman–Crippen LogP) is 5.46. The van der Waals surface area contributed by atoms with E-state index in [0.717, 1.165) is 32.4 Å². The van der Waals surface area contributed by atoms with E-state index in [1.54, 1.807) is 26.6 Å². The van der Waals surface area contributed by atoms with Gasteiger partial charge in [0.05, 0.1) is 27.6 Å². The van der Waals surface area contributed by atoms with Crippen molar-refractivity contribution in [3.05, 3.63) is 59.9 Å². The lowest BCUT2D eigenvalue weighted by Gasteiger charge is -2.05. The van der Waals surface area contributed by atoms with Crippen molar-refractivity contribution in [1.82, 2.24) is 34.3 Å². The first-order valence-electron chi connectivity index (χ1n) is 10.5. The number of nitrogens with zero attached hydrogens (tertiary/aromatic N) is 7. The second-order valence-corrected chi connectivity index (χ2v) is 10.3. The summed E-state index contributed by atoms with van der Waals surface area (Å²) >= 11 is 3.22. The molecule has 10 heteroatoms. The summed E-state index contributed by atoms with van der Waals surface area (Å²) in [6.45, 7) is 0. The third kappa shape index (κ3) is 3.20. The molecular formula is C23H16FN7S2. The Morgan fingerprint density at radius 1 is 1.06 bits per heavy atom. The lowest BCUT2D eigenvalue weighted by molar-refractivity contribution is 0.629. The fourth-order valence-corrected chi connectivity index (χ4v) is 6.05. The van der Waals surface area contributed by atoms with E-state index >= 15 is 0 Å². The highest BCUT2D eigenvalue weighted by atomic mass is 32.2. The Labute approximate surface area is 195 Å². The normalized spacial score (nSPS) is 14.1. The molecule has 0 spiro atoms. The molecule has 7 rings (SSSR count). The number of rotatable bonds is 4. The van der Waals surface area contributed by atoms with E-state index < -0.39 is 5.82 Å². The molecule has 5 heterocycles. The van der Waals surface area contributed by atoms with Crippen LogP contribution in [0.2, 0.25) is 0 Å². The van der Waals surface area contributed by atoms with Crippen molar-refractivity contribution in [2.75, 3.05) is 0 Å². The summed E-state index contributed by atoms with van der Waals surface area (Å²) in [5.41, 5.74) is 3.64. The maximum Gasteiger partial charge on any atom is 0.200 e. The van der Waals surface area contributed by atoms with E-state index in [4.69, 9.17) is 4.98 Å². The summed E-state index contributed by atoms with van der Waals surface area (Å²) in [5.74, 6) is 0.193. The van der Waals surface area contributed by atoms with Crippen molar-refractivity contribution < 1.29 is 4.39 Å². The average Bonchev–Trinajstić information content (AvgIpc) is 3.22. The minimum Gasteiger partial charge on any atom is -0.275 e. The minimum absolute atomic E-state index is 0.200. The van der Waals surface area contributed by atoms with Crippen LogP contribution in [-0.2, 0) is 7.05 Å². The van der Waals surface area contributed by atoms with Gasteiger partial charge in [0, 0.05) is 46.8 Å². The molecule has 0 N–H and O–H groups in total. The van der Waals surface area contributed by atoms with E-state index in [1.165, 1.54) is 40.4 Å². The van der Waals surface area contributed by atoms with Crippen LogP contribution < -0.4 is 0 Å². The van der Waals surface area contributed by atoms with Crippen LogP contribution in [0.3, 0.4) is 0 Å². The molecule has 1 saturated carbocycles. The van der Waals surface area contributed by atoms with Crippen LogP contribution in [0.25, 0.3) is 37.9 Å². The van der Waals surface area contributed by atoms with E-state index in [9.17, 15) is 4.39 Å². The maximum absolute atomic E-state index is 14.8. The third-order valence-corrected chi connectivity index (χ3v) is 8.03. The molecular weight excluding hydrogens is 457 g/mol. The standard InChI is InChI=1S/C23H16FN7S2/c1-30-10-14(8-26-30)13-6-17(24)21-28-29-23(31(21)11-13)32-15-4-5-18-16(7-15)20-19(9-25-18)27-22(33-20)12-2-3-12/h4-12H,2-3H2,1H3. The number of hydrogen-bond donors (Lipinski definition) is 0. The largest absolute Gasteiger partial charge is 0.275 e. The molecule has 0 saturated heterocycles. The number of fused-ring (bicyclic) bond motifs is 4. The molecule has 0 amide bonds. The van der Waals surface area contributed by atoms with E-state index in [0.29, 0.717) is 11.1 Å². The zero-order chi connectivity index (χ0) is 22.1. The van der Waals surface area contributed by atoms with Gasteiger partial charge in [-0.3, -0.25) is 14.1 Å². The Bertz CT molecular complexity index is 1700. The van der Waals surface area contributed by atoms with Crippen molar-refractivity contribution in [2.24, 2.45) is 7.05 Å². The van der Waals surface area contributed by atoms with Crippen LogP contribution >= 0.6 is 23.1 Å². The number of thiazole rings is 1. The first kappa shape index (κ1) is 19.1. The van der Waals surface area contributed by atoms with Gasteiger partial charge in [-0.2, -0.15) is 5.10 Å². The highest BCUT2D eigenvalue weighted by Gasteiger charge is 2.27. The second kappa shape index (κ2) is 7.06. The Morgan fingerprint density at radius 2 is 1.97 bits per heavy atom. The van der Waals surface area contributed by atoms with Crippen LogP contribution in [0.15, 0.2) is 59.1 Å². The molecule has 1 aliphatic rings. The van der Waals surface area contributed by atoms with Crippen molar-refractivity contribution in [1.29, 1.82) is 0 Å². The number of halogens is 1.